The first-order valence-electron chi connectivity index (χ1n) is 7.60. The Labute approximate surface area is 113 Å². The zero-order chi connectivity index (χ0) is 13.6. The molecule has 1 N–H and O–H groups in total. The molecule has 1 unspecified atom stereocenters. The van der Waals surface area contributed by atoms with Crippen LogP contribution in [-0.2, 0) is 4.74 Å². The van der Waals surface area contributed by atoms with E-state index in [-0.39, 0.29) is 0 Å². The Morgan fingerprint density at radius 3 is 2.56 bits per heavy atom. The maximum absolute atomic E-state index is 5.75. The summed E-state index contributed by atoms with van der Waals surface area (Å²) >= 11 is 0. The lowest BCUT2D eigenvalue weighted by Gasteiger charge is -2.49. The highest BCUT2D eigenvalue weighted by atomic mass is 16.5. The minimum Gasteiger partial charge on any atom is -0.380 e. The largest absolute Gasteiger partial charge is 0.380 e. The van der Waals surface area contributed by atoms with Gasteiger partial charge in [-0.3, -0.25) is 4.90 Å². The van der Waals surface area contributed by atoms with Gasteiger partial charge in [-0.25, -0.2) is 0 Å². The topological polar surface area (TPSA) is 24.5 Å². The zero-order valence-electron chi connectivity index (χ0n) is 13.0. The first-order chi connectivity index (χ1) is 8.54. The fraction of sp³-hybridized carbons (Fsp3) is 1.00. The summed E-state index contributed by atoms with van der Waals surface area (Å²) in [4.78, 5) is 2.65. The summed E-state index contributed by atoms with van der Waals surface area (Å²) in [5.41, 5.74) is 0.341. The average Bonchev–Trinajstić information content (AvgIpc) is 2.35. The summed E-state index contributed by atoms with van der Waals surface area (Å²) in [6.07, 6.45) is 2.43. The van der Waals surface area contributed by atoms with Crippen LogP contribution in [0.25, 0.3) is 0 Å². The minimum atomic E-state index is 0.341. The van der Waals surface area contributed by atoms with E-state index in [0.717, 1.165) is 32.8 Å². The van der Waals surface area contributed by atoms with Gasteiger partial charge in [0.05, 0.1) is 6.61 Å². The molecule has 0 radical (unpaired) electrons. The predicted molar refractivity (Wildman–Crippen MR) is 78.0 cm³/mol. The van der Waals surface area contributed by atoms with Crippen molar-refractivity contribution in [2.24, 2.45) is 5.92 Å². The van der Waals surface area contributed by atoms with Crippen molar-refractivity contribution in [2.75, 3.05) is 32.8 Å². The molecular formula is C15H32N2O. The highest BCUT2D eigenvalue weighted by Gasteiger charge is 2.37. The molecule has 0 spiro atoms. The highest BCUT2D eigenvalue weighted by Crippen LogP contribution is 2.26. The van der Waals surface area contributed by atoms with Crippen LogP contribution in [-0.4, -0.2) is 49.3 Å². The van der Waals surface area contributed by atoms with E-state index in [2.05, 4.69) is 44.8 Å². The van der Waals surface area contributed by atoms with Crippen molar-refractivity contribution in [2.45, 2.75) is 59.0 Å². The van der Waals surface area contributed by atoms with Crippen molar-refractivity contribution in [1.29, 1.82) is 0 Å². The van der Waals surface area contributed by atoms with Gasteiger partial charge in [-0.1, -0.05) is 27.7 Å². The third kappa shape index (κ3) is 4.22. The lowest BCUT2D eigenvalue weighted by Crippen LogP contribution is -2.64. The van der Waals surface area contributed by atoms with Gasteiger partial charge in [0.2, 0.25) is 0 Å². The van der Waals surface area contributed by atoms with Crippen molar-refractivity contribution in [3.05, 3.63) is 0 Å². The normalized spacial score (nSPS) is 24.7. The second-order valence-corrected chi connectivity index (χ2v) is 6.13. The summed E-state index contributed by atoms with van der Waals surface area (Å²) < 4.78 is 5.75. The van der Waals surface area contributed by atoms with E-state index >= 15 is 0 Å². The Bertz CT molecular complexity index is 227. The molecule has 108 valence electrons. The monoisotopic (exact) mass is 256 g/mol. The Morgan fingerprint density at radius 1 is 1.33 bits per heavy atom. The van der Waals surface area contributed by atoms with Gasteiger partial charge in [-0.15, -0.1) is 0 Å². The van der Waals surface area contributed by atoms with Crippen LogP contribution in [0.2, 0.25) is 0 Å². The molecule has 0 aromatic rings. The summed E-state index contributed by atoms with van der Waals surface area (Å²) in [5, 5.41) is 3.63. The number of rotatable bonds is 7. The van der Waals surface area contributed by atoms with Gasteiger partial charge in [0, 0.05) is 37.8 Å². The Morgan fingerprint density at radius 2 is 2.00 bits per heavy atom. The molecular weight excluding hydrogens is 224 g/mol. The van der Waals surface area contributed by atoms with Crippen LogP contribution in [0, 0.1) is 5.92 Å². The summed E-state index contributed by atoms with van der Waals surface area (Å²) in [6.45, 7) is 16.4. The van der Waals surface area contributed by atoms with E-state index in [9.17, 15) is 0 Å². The third-order valence-electron chi connectivity index (χ3n) is 4.22. The SMILES string of the molecule is CCC1(CC)CNC(C)CN1CCOCC(C)C. The number of hydrogen-bond donors (Lipinski definition) is 1. The maximum atomic E-state index is 5.75. The zero-order valence-corrected chi connectivity index (χ0v) is 13.0. The van der Waals surface area contributed by atoms with Crippen LogP contribution in [0.4, 0.5) is 0 Å². The molecule has 18 heavy (non-hydrogen) atoms. The predicted octanol–water partition coefficient (Wildman–Crippen LogP) is 2.51. The van der Waals surface area contributed by atoms with Gasteiger partial charge in [-0.05, 0) is 25.7 Å². The van der Waals surface area contributed by atoms with Crippen molar-refractivity contribution in [3.63, 3.8) is 0 Å². The van der Waals surface area contributed by atoms with E-state index in [1.807, 2.05) is 0 Å². The van der Waals surface area contributed by atoms with E-state index in [1.54, 1.807) is 0 Å². The summed E-state index contributed by atoms with van der Waals surface area (Å²) in [7, 11) is 0. The van der Waals surface area contributed by atoms with Crippen LogP contribution in [0.15, 0.2) is 0 Å². The smallest absolute Gasteiger partial charge is 0.0593 e. The van der Waals surface area contributed by atoms with Crippen molar-refractivity contribution in [1.82, 2.24) is 10.2 Å². The molecule has 3 heteroatoms. The number of nitrogens with one attached hydrogen (secondary N) is 1. The number of hydrogen-bond acceptors (Lipinski definition) is 3. The fourth-order valence-electron chi connectivity index (χ4n) is 2.83. The van der Waals surface area contributed by atoms with Gasteiger partial charge < -0.3 is 10.1 Å². The van der Waals surface area contributed by atoms with Crippen LogP contribution in [0.1, 0.15) is 47.5 Å². The molecule has 1 atom stereocenters. The Balaban J connectivity index is 2.46. The van der Waals surface area contributed by atoms with Gasteiger partial charge in [-0.2, -0.15) is 0 Å². The average molecular weight is 256 g/mol. The summed E-state index contributed by atoms with van der Waals surface area (Å²) in [5.74, 6) is 0.633. The molecule has 0 bridgehead atoms. The van der Waals surface area contributed by atoms with Gasteiger partial charge in [0.25, 0.3) is 0 Å². The molecule has 0 saturated carbocycles. The third-order valence-corrected chi connectivity index (χ3v) is 4.22. The maximum Gasteiger partial charge on any atom is 0.0593 e. The van der Waals surface area contributed by atoms with E-state index in [4.69, 9.17) is 4.74 Å². The van der Waals surface area contributed by atoms with Gasteiger partial charge >= 0.3 is 0 Å². The molecule has 1 heterocycles. The summed E-state index contributed by atoms with van der Waals surface area (Å²) in [6, 6.07) is 0.598. The molecule has 0 aromatic carbocycles. The molecule has 0 aliphatic carbocycles. The fourth-order valence-corrected chi connectivity index (χ4v) is 2.83. The first kappa shape index (κ1) is 15.9. The van der Waals surface area contributed by atoms with Crippen molar-refractivity contribution < 1.29 is 4.74 Å². The molecule has 0 amide bonds. The molecule has 1 aliphatic heterocycles. The van der Waals surface area contributed by atoms with Crippen molar-refractivity contribution in [3.8, 4) is 0 Å². The molecule has 1 rings (SSSR count). The second-order valence-electron chi connectivity index (χ2n) is 6.13. The first-order valence-corrected chi connectivity index (χ1v) is 7.60. The molecule has 0 aromatic heterocycles. The Kier molecular flexibility index (Phi) is 6.61. The van der Waals surface area contributed by atoms with Crippen LogP contribution >= 0.6 is 0 Å². The molecule has 3 nitrogen and oxygen atoms in total. The molecule has 1 fully saturated rings. The minimum absolute atomic E-state index is 0.341. The number of nitrogens with zero attached hydrogens (tertiary/aromatic N) is 1. The highest BCUT2D eigenvalue weighted by molar-refractivity contribution is 4.96. The molecule has 1 saturated heterocycles. The quantitative estimate of drug-likeness (QED) is 0.708. The van der Waals surface area contributed by atoms with Crippen LogP contribution < -0.4 is 5.32 Å². The van der Waals surface area contributed by atoms with E-state index < -0.39 is 0 Å². The number of ether oxygens (including phenoxy) is 1. The van der Waals surface area contributed by atoms with E-state index in [0.29, 0.717) is 17.5 Å². The van der Waals surface area contributed by atoms with Gasteiger partial charge in [0.1, 0.15) is 0 Å². The van der Waals surface area contributed by atoms with Crippen molar-refractivity contribution >= 4 is 0 Å². The van der Waals surface area contributed by atoms with Crippen LogP contribution in [0.5, 0.6) is 0 Å². The lowest BCUT2D eigenvalue weighted by molar-refractivity contribution is 0.00319. The van der Waals surface area contributed by atoms with E-state index in [1.165, 1.54) is 12.8 Å². The van der Waals surface area contributed by atoms with Gasteiger partial charge in [0.15, 0.2) is 0 Å². The Hall–Kier alpha value is -0.120. The number of piperazine rings is 1. The lowest BCUT2D eigenvalue weighted by atomic mass is 9.87. The standard InChI is InChI=1S/C15H32N2O/c1-6-15(7-2)12-16-14(5)10-17(15)8-9-18-11-13(3)4/h13-14,16H,6-12H2,1-5H3. The molecule has 1 aliphatic rings. The second kappa shape index (κ2) is 7.46. The van der Waals surface area contributed by atoms with Crippen LogP contribution in [0.3, 0.4) is 0 Å².